The van der Waals surface area contributed by atoms with Gasteiger partial charge in [0, 0.05) is 19.0 Å². The first kappa shape index (κ1) is 16.1. The van der Waals surface area contributed by atoms with Crippen LogP contribution < -0.4 is 5.73 Å². The van der Waals surface area contributed by atoms with Crippen LogP contribution in [0.15, 0.2) is 16.7 Å². The highest BCUT2D eigenvalue weighted by Gasteiger charge is 2.40. The summed E-state index contributed by atoms with van der Waals surface area (Å²) < 4.78 is 6.09. The van der Waals surface area contributed by atoms with Crippen molar-refractivity contribution in [3.63, 3.8) is 0 Å². The lowest BCUT2D eigenvalue weighted by Crippen LogP contribution is -2.44. The Morgan fingerprint density at radius 3 is 2.71 bits per heavy atom. The lowest BCUT2D eigenvalue weighted by molar-refractivity contribution is 0.0709. The number of amides is 1. The number of nitrogens with two attached hydrogens (primary N) is 1. The van der Waals surface area contributed by atoms with Gasteiger partial charge in [0.2, 0.25) is 5.89 Å². The van der Waals surface area contributed by atoms with Crippen LogP contribution in [0.3, 0.4) is 0 Å². The number of hydrogen-bond donors (Lipinski definition) is 1. The Morgan fingerprint density at radius 2 is 2.12 bits per heavy atom. The molecule has 0 atom stereocenters. The van der Waals surface area contributed by atoms with E-state index in [1.807, 2.05) is 4.90 Å². The van der Waals surface area contributed by atoms with Crippen molar-refractivity contribution < 1.29 is 9.32 Å². The van der Waals surface area contributed by atoms with Gasteiger partial charge in [0.25, 0.3) is 5.91 Å². The largest absolute Gasteiger partial charge is 0.339 e. The predicted octanol–water partition coefficient (Wildman–Crippen LogP) is 3.14. The van der Waals surface area contributed by atoms with Crippen LogP contribution in [0.4, 0.5) is 0 Å². The van der Waals surface area contributed by atoms with Crippen molar-refractivity contribution in [2.75, 3.05) is 13.1 Å². The molecule has 0 radical (unpaired) electrons. The van der Waals surface area contributed by atoms with Crippen molar-refractivity contribution in [1.82, 2.24) is 15.0 Å². The van der Waals surface area contributed by atoms with E-state index in [2.05, 4.69) is 10.1 Å². The van der Waals surface area contributed by atoms with Crippen LogP contribution in [-0.4, -0.2) is 34.0 Å². The van der Waals surface area contributed by atoms with Crippen molar-refractivity contribution in [2.24, 2.45) is 5.73 Å². The second-order valence-electron chi connectivity index (χ2n) is 6.64. The number of likely N-dealkylation sites (tertiary alicyclic amines) is 1. The molecule has 2 N–H and O–H groups in total. The number of aromatic nitrogens is 2. The molecule has 2 fully saturated rings. The molecule has 128 valence electrons. The molecule has 6 nitrogen and oxygen atoms in total. The van der Waals surface area contributed by atoms with Gasteiger partial charge in [0.05, 0.1) is 14.8 Å². The van der Waals surface area contributed by atoms with Crippen molar-refractivity contribution in [3.8, 4) is 0 Å². The molecule has 2 aromatic heterocycles. The van der Waals surface area contributed by atoms with E-state index in [1.165, 1.54) is 11.3 Å². The maximum Gasteiger partial charge on any atom is 0.263 e. The fourth-order valence-electron chi connectivity index (χ4n) is 3.30. The van der Waals surface area contributed by atoms with Crippen molar-refractivity contribution in [2.45, 2.75) is 43.6 Å². The number of piperidine rings is 1. The summed E-state index contributed by atoms with van der Waals surface area (Å²) in [5, 5.41) is 4.08. The first-order valence-electron chi connectivity index (χ1n) is 8.23. The van der Waals surface area contributed by atoms with E-state index in [1.54, 1.807) is 12.1 Å². The van der Waals surface area contributed by atoms with Gasteiger partial charge in [-0.15, -0.1) is 11.3 Å². The van der Waals surface area contributed by atoms with E-state index in [9.17, 15) is 4.79 Å². The van der Waals surface area contributed by atoms with E-state index >= 15 is 0 Å². The number of carbonyl (C=O) groups is 1. The van der Waals surface area contributed by atoms with Crippen LogP contribution in [0.25, 0.3) is 0 Å². The number of rotatable bonds is 3. The molecular formula is C16H19ClN4O2S. The van der Waals surface area contributed by atoms with Gasteiger partial charge >= 0.3 is 0 Å². The standard InChI is InChI=1S/C16H19ClN4O2S/c17-12-3-2-11(24-12)14(22)21-8-4-10(5-9-21)13-19-15(20-23-13)16(18)6-1-7-16/h2-3,10H,1,4-9,18H2. The summed E-state index contributed by atoms with van der Waals surface area (Å²) in [7, 11) is 0. The van der Waals surface area contributed by atoms with Crippen LogP contribution in [0.1, 0.15) is 59.4 Å². The van der Waals surface area contributed by atoms with Crippen LogP contribution >= 0.6 is 22.9 Å². The maximum atomic E-state index is 12.4. The third-order valence-corrected chi connectivity index (χ3v) is 6.27. The van der Waals surface area contributed by atoms with E-state index in [-0.39, 0.29) is 11.8 Å². The van der Waals surface area contributed by atoms with Crippen molar-refractivity contribution in [1.29, 1.82) is 0 Å². The molecule has 2 aromatic rings. The van der Waals surface area contributed by atoms with E-state index in [0.717, 1.165) is 32.1 Å². The summed E-state index contributed by atoms with van der Waals surface area (Å²) in [6.45, 7) is 1.37. The fourth-order valence-corrected chi connectivity index (χ4v) is 4.31. The van der Waals surface area contributed by atoms with Crippen LogP contribution in [0.5, 0.6) is 0 Å². The van der Waals surface area contributed by atoms with E-state index in [0.29, 0.717) is 34.0 Å². The van der Waals surface area contributed by atoms with Gasteiger partial charge in [-0.05, 0) is 44.2 Å². The Bertz CT molecular complexity index is 747. The quantitative estimate of drug-likeness (QED) is 0.901. The van der Waals surface area contributed by atoms with Gasteiger partial charge in [-0.2, -0.15) is 4.98 Å². The number of thiophene rings is 1. The molecule has 1 saturated carbocycles. The first-order chi connectivity index (χ1) is 11.5. The minimum Gasteiger partial charge on any atom is -0.339 e. The smallest absolute Gasteiger partial charge is 0.263 e. The average molecular weight is 367 g/mol. The Balaban J connectivity index is 1.38. The molecule has 3 heterocycles. The minimum absolute atomic E-state index is 0.0481. The van der Waals surface area contributed by atoms with Gasteiger partial charge in [-0.3, -0.25) is 4.79 Å². The Hall–Kier alpha value is -1.44. The number of carbonyl (C=O) groups excluding carboxylic acids is 1. The Labute approximate surface area is 149 Å². The second-order valence-corrected chi connectivity index (χ2v) is 8.35. The topological polar surface area (TPSA) is 85.2 Å². The summed E-state index contributed by atoms with van der Waals surface area (Å²) in [5.41, 5.74) is 5.86. The molecule has 8 heteroatoms. The highest BCUT2D eigenvalue weighted by atomic mass is 35.5. The van der Waals surface area contributed by atoms with Gasteiger partial charge in [0.1, 0.15) is 0 Å². The summed E-state index contributed by atoms with van der Waals surface area (Å²) in [6.07, 6.45) is 4.60. The molecule has 0 spiro atoms. The Morgan fingerprint density at radius 1 is 1.38 bits per heavy atom. The van der Waals surface area contributed by atoms with Crippen molar-refractivity contribution in [3.05, 3.63) is 33.1 Å². The van der Waals surface area contributed by atoms with Gasteiger partial charge in [0.15, 0.2) is 5.82 Å². The molecule has 0 aromatic carbocycles. The Kier molecular flexibility index (Phi) is 4.10. The highest BCUT2D eigenvalue weighted by molar-refractivity contribution is 7.17. The molecule has 1 aliphatic heterocycles. The third kappa shape index (κ3) is 2.85. The zero-order valence-electron chi connectivity index (χ0n) is 13.2. The number of nitrogens with zero attached hydrogens (tertiary/aromatic N) is 3. The van der Waals surface area contributed by atoms with Gasteiger partial charge in [-0.1, -0.05) is 16.8 Å². The summed E-state index contributed by atoms with van der Waals surface area (Å²) in [4.78, 5) is 19.5. The average Bonchev–Trinajstić information content (AvgIpc) is 3.21. The third-order valence-electron chi connectivity index (χ3n) is 5.05. The normalized spacial score (nSPS) is 20.8. The van der Waals surface area contributed by atoms with Crippen LogP contribution in [0.2, 0.25) is 4.34 Å². The summed E-state index contributed by atoms with van der Waals surface area (Å²) >= 11 is 7.23. The van der Waals surface area contributed by atoms with Crippen LogP contribution in [-0.2, 0) is 5.54 Å². The van der Waals surface area contributed by atoms with Crippen molar-refractivity contribution >= 4 is 28.8 Å². The van der Waals surface area contributed by atoms with E-state index in [4.69, 9.17) is 21.9 Å². The minimum atomic E-state index is -0.392. The lowest BCUT2D eigenvalue weighted by atomic mass is 9.77. The van der Waals surface area contributed by atoms with Gasteiger partial charge < -0.3 is 15.2 Å². The molecule has 1 saturated heterocycles. The number of halogens is 1. The summed E-state index contributed by atoms with van der Waals surface area (Å²) in [5.74, 6) is 1.54. The summed E-state index contributed by atoms with van der Waals surface area (Å²) in [6, 6.07) is 3.54. The highest BCUT2D eigenvalue weighted by Crippen LogP contribution is 2.38. The zero-order chi connectivity index (χ0) is 16.7. The second kappa shape index (κ2) is 6.13. The SMILES string of the molecule is NC1(c2noc(C3CCN(C(=O)c4ccc(Cl)s4)CC3)n2)CCC1. The molecule has 0 bridgehead atoms. The predicted molar refractivity (Wildman–Crippen MR) is 91.2 cm³/mol. The molecular weight excluding hydrogens is 348 g/mol. The fraction of sp³-hybridized carbons (Fsp3) is 0.562. The molecule has 2 aliphatic rings. The molecule has 4 rings (SSSR count). The van der Waals surface area contributed by atoms with E-state index < -0.39 is 5.54 Å². The lowest BCUT2D eigenvalue weighted by Gasteiger charge is -2.34. The first-order valence-corrected chi connectivity index (χ1v) is 9.42. The zero-order valence-corrected chi connectivity index (χ0v) is 14.8. The molecule has 24 heavy (non-hydrogen) atoms. The monoisotopic (exact) mass is 366 g/mol. The molecule has 1 amide bonds. The maximum absolute atomic E-state index is 12.4. The molecule has 0 unspecified atom stereocenters. The van der Waals surface area contributed by atoms with Gasteiger partial charge in [-0.25, -0.2) is 0 Å². The molecule has 1 aliphatic carbocycles. The number of hydrogen-bond acceptors (Lipinski definition) is 6. The van der Waals surface area contributed by atoms with Crippen LogP contribution in [0, 0.1) is 0 Å².